The summed E-state index contributed by atoms with van der Waals surface area (Å²) in [5, 5.41) is 3.38. The van der Waals surface area contributed by atoms with Gasteiger partial charge in [-0.15, -0.1) is 0 Å². The number of hydrogen-bond donors (Lipinski definition) is 1. The predicted octanol–water partition coefficient (Wildman–Crippen LogP) is 3.58. The van der Waals surface area contributed by atoms with Gasteiger partial charge in [-0.2, -0.15) is 0 Å². The molecule has 0 saturated heterocycles. The molecule has 0 spiro atoms. The van der Waals surface area contributed by atoms with Crippen molar-refractivity contribution in [3.05, 3.63) is 23.8 Å². The molecule has 0 heterocycles. The van der Waals surface area contributed by atoms with Gasteiger partial charge >= 0.3 is 0 Å². The lowest BCUT2D eigenvalue weighted by Gasteiger charge is -2.22. The molecule has 1 aromatic carbocycles. The number of carbonyl (C=O) groups excluding carboxylic acids is 1. The minimum atomic E-state index is 0.121. The van der Waals surface area contributed by atoms with Crippen molar-refractivity contribution < 1.29 is 4.79 Å². The van der Waals surface area contributed by atoms with E-state index in [1.807, 2.05) is 41.1 Å². The third-order valence-corrected chi connectivity index (χ3v) is 4.33. The van der Waals surface area contributed by atoms with E-state index in [9.17, 15) is 4.79 Å². The molecule has 4 heteroatoms. The number of carbonyl (C=O) groups is 1. The second-order valence-electron chi connectivity index (χ2n) is 6.18. The molecule has 1 aromatic rings. The summed E-state index contributed by atoms with van der Waals surface area (Å²) in [6.45, 7) is 6.51. The van der Waals surface area contributed by atoms with Gasteiger partial charge in [-0.3, -0.25) is 4.79 Å². The number of rotatable bonds is 5. The van der Waals surface area contributed by atoms with Crippen molar-refractivity contribution in [2.24, 2.45) is 0 Å². The molecule has 2 rings (SSSR count). The number of nitrogens with one attached hydrogen (secondary N) is 1. The summed E-state index contributed by atoms with van der Waals surface area (Å²) in [6, 6.07) is 6.68. The lowest BCUT2D eigenvalue weighted by atomic mass is 10.1. The van der Waals surface area contributed by atoms with Crippen molar-refractivity contribution in [2.75, 3.05) is 37.5 Å². The predicted molar refractivity (Wildman–Crippen MR) is 101 cm³/mol. The Kier molecular flexibility index (Phi) is 8.10. The minimum absolute atomic E-state index is 0.121. The largest absolute Gasteiger partial charge is 0.377 e. The fraction of sp³-hybridized carbons (Fsp3) is 0.632. The molecule has 1 aliphatic rings. The van der Waals surface area contributed by atoms with Crippen molar-refractivity contribution >= 4 is 17.3 Å². The third-order valence-electron chi connectivity index (χ3n) is 4.33. The first-order valence-corrected chi connectivity index (χ1v) is 8.77. The monoisotopic (exact) mass is 319 g/mol. The van der Waals surface area contributed by atoms with Crippen molar-refractivity contribution in [3.8, 4) is 0 Å². The number of aryl methyl sites for hydroxylation is 1. The van der Waals surface area contributed by atoms with Crippen LogP contribution < -0.4 is 15.1 Å². The van der Waals surface area contributed by atoms with E-state index in [4.69, 9.17) is 0 Å². The van der Waals surface area contributed by atoms with Crippen LogP contribution in [0.25, 0.3) is 0 Å². The van der Waals surface area contributed by atoms with E-state index >= 15 is 0 Å². The SMILES string of the molecule is CC.Cc1ccc(N(C)C(=O)CNC2CCCC2)cc1N(C)C. The molecular formula is C19H33N3O. The standard InChI is InChI=1S/C17H27N3O.C2H6/c1-13-9-10-15(11-16(13)19(2)3)20(4)17(21)12-18-14-7-5-6-8-14;1-2/h9-11,14,18H,5-8,12H2,1-4H3;1-2H3. The fourth-order valence-electron chi connectivity index (χ4n) is 2.91. The maximum Gasteiger partial charge on any atom is 0.240 e. The second-order valence-corrected chi connectivity index (χ2v) is 6.18. The van der Waals surface area contributed by atoms with Crippen LogP contribution in [-0.4, -0.2) is 39.6 Å². The van der Waals surface area contributed by atoms with Crippen molar-refractivity contribution in [1.29, 1.82) is 0 Å². The van der Waals surface area contributed by atoms with E-state index in [1.165, 1.54) is 31.2 Å². The van der Waals surface area contributed by atoms with Gasteiger partial charge in [0.05, 0.1) is 6.54 Å². The van der Waals surface area contributed by atoms with Crippen LogP contribution in [-0.2, 0) is 4.79 Å². The molecule has 4 nitrogen and oxygen atoms in total. The van der Waals surface area contributed by atoms with Gasteiger partial charge in [0, 0.05) is 38.6 Å². The van der Waals surface area contributed by atoms with Crippen molar-refractivity contribution in [1.82, 2.24) is 5.32 Å². The van der Waals surface area contributed by atoms with Gasteiger partial charge in [0.15, 0.2) is 0 Å². The molecule has 23 heavy (non-hydrogen) atoms. The van der Waals surface area contributed by atoms with Crippen LogP contribution in [0, 0.1) is 6.92 Å². The van der Waals surface area contributed by atoms with Crippen molar-refractivity contribution in [2.45, 2.75) is 52.5 Å². The van der Waals surface area contributed by atoms with E-state index < -0.39 is 0 Å². The Morgan fingerprint density at radius 2 is 1.78 bits per heavy atom. The molecule has 0 bridgehead atoms. The first-order chi connectivity index (χ1) is 11.0. The number of hydrogen-bond acceptors (Lipinski definition) is 3. The number of anilines is 2. The molecule has 1 fully saturated rings. The zero-order valence-corrected chi connectivity index (χ0v) is 15.6. The lowest BCUT2D eigenvalue weighted by Crippen LogP contribution is -2.39. The van der Waals surface area contributed by atoms with E-state index in [-0.39, 0.29) is 5.91 Å². The normalized spacial score (nSPS) is 14.2. The van der Waals surface area contributed by atoms with Crippen LogP contribution in [0.2, 0.25) is 0 Å². The minimum Gasteiger partial charge on any atom is -0.377 e. The van der Waals surface area contributed by atoms with Gasteiger partial charge in [0.1, 0.15) is 0 Å². The smallest absolute Gasteiger partial charge is 0.240 e. The number of amides is 1. The summed E-state index contributed by atoms with van der Waals surface area (Å²) in [5.41, 5.74) is 3.31. The Balaban J connectivity index is 0.00000127. The van der Waals surface area contributed by atoms with Crippen molar-refractivity contribution in [3.63, 3.8) is 0 Å². The molecule has 1 amide bonds. The zero-order valence-electron chi connectivity index (χ0n) is 15.6. The number of likely N-dealkylation sites (N-methyl/N-ethyl adjacent to an activating group) is 1. The van der Waals surface area contributed by atoms with Crippen LogP contribution >= 0.6 is 0 Å². The fourth-order valence-corrected chi connectivity index (χ4v) is 2.91. The Morgan fingerprint density at radius 1 is 1.17 bits per heavy atom. The average Bonchev–Trinajstić information content (AvgIpc) is 3.07. The highest BCUT2D eigenvalue weighted by Gasteiger charge is 2.17. The van der Waals surface area contributed by atoms with Crippen LogP contribution in [0.15, 0.2) is 18.2 Å². The van der Waals surface area contributed by atoms with Crippen LogP contribution in [0.5, 0.6) is 0 Å². The summed E-state index contributed by atoms with van der Waals surface area (Å²) in [5.74, 6) is 0.121. The Labute approximate surface area is 141 Å². The average molecular weight is 319 g/mol. The summed E-state index contributed by atoms with van der Waals surface area (Å²) < 4.78 is 0. The molecule has 0 aromatic heterocycles. The zero-order chi connectivity index (χ0) is 17.4. The Morgan fingerprint density at radius 3 is 2.35 bits per heavy atom. The highest BCUT2D eigenvalue weighted by molar-refractivity contribution is 5.94. The summed E-state index contributed by atoms with van der Waals surface area (Å²) in [6.07, 6.45) is 4.97. The van der Waals surface area contributed by atoms with Gasteiger partial charge in [-0.05, 0) is 37.5 Å². The molecule has 130 valence electrons. The van der Waals surface area contributed by atoms with Gasteiger partial charge in [-0.25, -0.2) is 0 Å². The van der Waals surface area contributed by atoms with Gasteiger partial charge in [0.2, 0.25) is 5.91 Å². The Bertz CT molecular complexity index is 493. The first kappa shape index (κ1) is 19.5. The van der Waals surface area contributed by atoms with Crippen LogP contribution in [0.1, 0.15) is 45.1 Å². The summed E-state index contributed by atoms with van der Waals surface area (Å²) in [4.78, 5) is 16.1. The highest BCUT2D eigenvalue weighted by Crippen LogP contribution is 2.24. The molecule has 1 aliphatic carbocycles. The van der Waals surface area contributed by atoms with Crippen LogP contribution in [0.4, 0.5) is 11.4 Å². The molecular weight excluding hydrogens is 286 g/mol. The van der Waals surface area contributed by atoms with Gasteiger partial charge in [0.25, 0.3) is 0 Å². The summed E-state index contributed by atoms with van der Waals surface area (Å²) >= 11 is 0. The number of nitrogens with zero attached hydrogens (tertiary/aromatic N) is 2. The molecule has 1 saturated carbocycles. The summed E-state index contributed by atoms with van der Waals surface area (Å²) in [7, 11) is 5.90. The van der Waals surface area contributed by atoms with E-state index in [2.05, 4.69) is 29.3 Å². The Hall–Kier alpha value is -1.55. The maximum atomic E-state index is 12.3. The second kappa shape index (κ2) is 9.56. The molecule has 0 unspecified atom stereocenters. The van der Waals surface area contributed by atoms with E-state index in [0.29, 0.717) is 12.6 Å². The number of benzene rings is 1. The molecule has 0 atom stereocenters. The molecule has 0 aliphatic heterocycles. The topological polar surface area (TPSA) is 35.6 Å². The third kappa shape index (κ3) is 5.54. The molecule has 1 N–H and O–H groups in total. The van der Waals surface area contributed by atoms with Gasteiger partial charge in [-0.1, -0.05) is 32.8 Å². The van der Waals surface area contributed by atoms with Crippen LogP contribution in [0.3, 0.4) is 0 Å². The lowest BCUT2D eigenvalue weighted by molar-refractivity contribution is -0.117. The molecule has 0 radical (unpaired) electrons. The van der Waals surface area contributed by atoms with E-state index in [1.54, 1.807) is 4.90 Å². The first-order valence-electron chi connectivity index (χ1n) is 8.77. The maximum absolute atomic E-state index is 12.3. The van der Waals surface area contributed by atoms with E-state index in [0.717, 1.165) is 11.4 Å². The highest BCUT2D eigenvalue weighted by atomic mass is 16.2. The van der Waals surface area contributed by atoms with Gasteiger partial charge < -0.3 is 15.1 Å². The quantitative estimate of drug-likeness (QED) is 0.901.